The van der Waals surface area contributed by atoms with Gasteiger partial charge in [0.25, 0.3) is 0 Å². The summed E-state index contributed by atoms with van der Waals surface area (Å²) in [5.41, 5.74) is 1.08. The summed E-state index contributed by atoms with van der Waals surface area (Å²) in [6.45, 7) is 1.43. The molecule has 0 heterocycles. The smallest absolute Gasteiger partial charge is 0.159 e. The Hall–Kier alpha value is -2.36. The Balaban J connectivity index is 2.65. The molecule has 0 fully saturated rings. The second-order valence-electron chi connectivity index (χ2n) is 3.86. The summed E-state index contributed by atoms with van der Waals surface area (Å²) < 4.78 is 13.8. The van der Waals surface area contributed by atoms with Crippen LogP contribution in [0.3, 0.4) is 0 Å². The fraction of sp³-hybridized carbons (Fsp3) is 0.0714. The molecular formula is C14H10FNO2. The van der Waals surface area contributed by atoms with E-state index in [-0.39, 0.29) is 17.0 Å². The molecule has 3 nitrogen and oxygen atoms in total. The zero-order valence-electron chi connectivity index (χ0n) is 9.68. The fourth-order valence-corrected chi connectivity index (χ4v) is 1.77. The molecule has 0 amide bonds. The molecule has 4 heteroatoms. The monoisotopic (exact) mass is 243 g/mol. The molecule has 0 saturated heterocycles. The Morgan fingerprint density at radius 2 is 1.89 bits per heavy atom. The van der Waals surface area contributed by atoms with Crippen molar-refractivity contribution in [3.63, 3.8) is 0 Å². The molecule has 2 aromatic carbocycles. The van der Waals surface area contributed by atoms with E-state index in [1.807, 2.05) is 0 Å². The van der Waals surface area contributed by atoms with Crippen LogP contribution in [-0.4, -0.2) is 5.78 Å². The van der Waals surface area contributed by atoms with Gasteiger partial charge in [0.05, 0.1) is 0 Å². The van der Waals surface area contributed by atoms with E-state index in [0.717, 1.165) is 0 Å². The number of nitroso groups, excluding NO2 is 1. The molecular weight excluding hydrogens is 233 g/mol. The number of Topliss-reactive ketones (excluding diaryl/α,β-unsaturated/α-hetero) is 1. The number of hydrogen-bond donors (Lipinski definition) is 0. The molecule has 0 aliphatic rings. The highest BCUT2D eigenvalue weighted by atomic mass is 19.1. The molecule has 18 heavy (non-hydrogen) atoms. The first-order valence-electron chi connectivity index (χ1n) is 5.36. The van der Waals surface area contributed by atoms with Gasteiger partial charge >= 0.3 is 0 Å². The van der Waals surface area contributed by atoms with Crippen molar-refractivity contribution in [1.29, 1.82) is 0 Å². The number of carbonyl (C=O) groups is 1. The molecule has 0 saturated carbocycles. The highest BCUT2D eigenvalue weighted by Gasteiger charge is 2.12. The lowest BCUT2D eigenvalue weighted by Crippen LogP contribution is -1.93. The standard InChI is InChI=1S/C14H10FNO2/c1-9(17)10-4-2-5-11(8-10)14-12(15)6-3-7-13(14)16-18/h2-8H,1H3. The summed E-state index contributed by atoms with van der Waals surface area (Å²) in [5, 5.41) is 2.81. The van der Waals surface area contributed by atoms with E-state index < -0.39 is 5.82 Å². The topological polar surface area (TPSA) is 46.5 Å². The van der Waals surface area contributed by atoms with Gasteiger partial charge in [-0.25, -0.2) is 4.39 Å². The van der Waals surface area contributed by atoms with Gasteiger partial charge in [-0.1, -0.05) is 24.3 Å². The van der Waals surface area contributed by atoms with Crippen LogP contribution in [0.4, 0.5) is 10.1 Å². The number of halogens is 1. The van der Waals surface area contributed by atoms with Gasteiger partial charge in [-0.3, -0.25) is 4.79 Å². The first kappa shape index (κ1) is 12.1. The van der Waals surface area contributed by atoms with Gasteiger partial charge in [0.2, 0.25) is 0 Å². The van der Waals surface area contributed by atoms with Crippen LogP contribution in [0.25, 0.3) is 11.1 Å². The Bertz CT molecular complexity index is 623. The molecule has 0 bridgehead atoms. The van der Waals surface area contributed by atoms with Crippen LogP contribution in [0.2, 0.25) is 0 Å². The molecule has 0 atom stereocenters. The highest BCUT2D eigenvalue weighted by molar-refractivity contribution is 5.95. The van der Waals surface area contributed by atoms with E-state index in [9.17, 15) is 14.1 Å². The van der Waals surface area contributed by atoms with Crippen molar-refractivity contribution in [3.05, 3.63) is 58.8 Å². The van der Waals surface area contributed by atoms with Gasteiger partial charge < -0.3 is 0 Å². The van der Waals surface area contributed by atoms with Crippen LogP contribution in [0, 0.1) is 10.7 Å². The number of carbonyl (C=O) groups excluding carboxylic acids is 1. The average Bonchev–Trinajstić information content (AvgIpc) is 2.38. The summed E-state index contributed by atoms with van der Waals surface area (Å²) in [4.78, 5) is 22.0. The Morgan fingerprint density at radius 3 is 2.56 bits per heavy atom. The van der Waals surface area contributed by atoms with Gasteiger partial charge in [0.1, 0.15) is 11.5 Å². The first-order valence-corrected chi connectivity index (χ1v) is 5.36. The van der Waals surface area contributed by atoms with Crippen LogP contribution in [-0.2, 0) is 0 Å². The number of ketones is 1. The van der Waals surface area contributed by atoms with Crippen molar-refractivity contribution in [3.8, 4) is 11.1 Å². The quantitative estimate of drug-likeness (QED) is 0.602. The third-order valence-electron chi connectivity index (χ3n) is 2.65. The van der Waals surface area contributed by atoms with Crippen LogP contribution < -0.4 is 0 Å². The number of hydrogen-bond acceptors (Lipinski definition) is 3. The molecule has 0 radical (unpaired) electrons. The molecule has 0 spiro atoms. The van der Waals surface area contributed by atoms with Crippen LogP contribution >= 0.6 is 0 Å². The van der Waals surface area contributed by atoms with E-state index in [1.54, 1.807) is 24.3 Å². The third kappa shape index (κ3) is 2.18. The SMILES string of the molecule is CC(=O)c1cccc(-c2c(F)cccc2N=O)c1. The van der Waals surface area contributed by atoms with Crippen molar-refractivity contribution >= 4 is 11.5 Å². The van der Waals surface area contributed by atoms with E-state index in [2.05, 4.69) is 5.18 Å². The van der Waals surface area contributed by atoms with Crippen molar-refractivity contribution < 1.29 is 9.18 Å². The molecule has 0 aliphatic carbocycles. The van der Waals surface area contributed by atoms with Gasteiger partial charge in [-0.2, -0.15) is 0 Å². The van der Waals surface area contributed by atoms with E-state index in [1.165, 1.54) is 25.1 Å². The minimum atomic E-state index is -0.534. The van der Waals surface area contributed by atoms with Crippen molar-refractivity contribution in [2.75, 3.05) is 0 Å². The predicted molar refractivity (Wildman–Crippen MR) is 67.3 cm³/mol. The normalized spacial score (nSPS) is 10.1. The zero-order valence-corrected chi connectivity index (χ0v) is 9.68. The van der Waals surface area contributed by atoms with Gasteiger partial charge in [-0.15, -0.1) is 4.91 Å². The lowest BCUT2D eigenvalue weighted by Gasteiger charge is -2.06. The molecule has 0 unspecified atom stereocenters. The minimum absolute atomic E-state index is 0.0238. The first-order chi connectivity index (χ1) is 8.63. The largest absolute Gasteiger partial charge is 0.295 e. The molecule has 0 aliphatic heterocycles. The molecule has 0 N–H and O–H groups in total. The number of rotatable bonds is 3. The average molecular weight is 243 g/mol. The zero-order chi connectivity index (χ0) is 13.1. The van der Waals surface area contributed by atoms with Gasteiger partial charge in [0, 0.05) is 11.1 Å². The Morgan fingerprint density at radius 1 is 1.17 bits per heavy atom. The number of benzene rings is 2. The minimum Gasteiger partial charge on any atom is -0.295 e. The summed E-state index contributed by atoms with van der Waals surface area (Å²) in [5.74, 6) is -0.651. The van der Waals surface area contributed by atoms with E-state index in [0.29, 0.717) is 11.1 Å². The lowest BCUT2D eigenvalue weighted by atomic mass is 10.00. The predicted octanol–water partition coefficient (Wildman–Crippen LogP) is 4.09. The van der Waals surface area contributed by atoms with E-state index in [4.69, 9.17) is 0 Å². The second kappa shape index (κ2) is 4.87. The maximum absolute atomic E-state index is 13.8. The van der Waals surface area contributed by atoms with Crippen molar-refractivity contribution in [1.82, 2.24) is 0 Å². The van der Waals surface area contributed by atoms with Gasteiger partial charge in [-0.05, 0) is 35.9 Å². The molecule has 2 aromatic rings. The molecule has 2 rings (SSSR count). The van der Waals surface area contributed by atoms with Crippen LogP contribution in [0.5, 0.6) is 0 Å². The van der Waals surface area contributed by atoms with Crippen molar-refractivity contribution in [2.45, 2.75) is 6.92 Å². The summed E-state index contributed by atoms with van der Waals surface area (Å²) >= 11 is 0. The lowest BCUT2D eigenvalue weighted by molar-refractivity contribution is 0.101. The summed E-state index contributed by atoms with van der Waals surface area (Å²) in [7, 11) is 0. The fourth-order valence-electron chi connectivity index (χ4n) is 1.77. The third-order valence-corrected chi connectivity index (χ3v) is 2.65. The second-order valence-corrected chi connectivity index (χ2v) is 3.86. The summed E-state index contributed by atoms with van der Waals surface area (Å²) in [6, 6.07) is 10.6. The van der Waals surface area contributed by atoms with Crippen LogP contribution in [0.1, 0.15) is 17.3 Å². The van der Waals surface area contributed by atoms with Crippen molar-refractivity contribution in [2.24, 2.45) is 5.18 Å². The molecule has 90 valence electrons. The maximum Gasteiger partial charge on any atom is 0.159 e. The number of nitrogens with zero attached hydrogens (tertiary/aromatic N) is 1. The maximum atomic E-state index is 13.8. The van der Waals surface area contributed by atoms with Crippen LogP contribution in [0.15, 0.2) is 47.6 Å². The van der Waals surface area contributed by atoms with Gasteiger partial charge in [0.15, 0.2) is 5.78 Å². The van der Waals surface area contributed by atoms with E-state index >= 15 is 0 Å². The highest BCUT2D eigenvalue weighted by Crippen LogP contribution is 2.33. The Labute approximate surface area is 103 Å². The summed E-state index contributed by atoms with van der Waals surface area (Å²) in [6.07, 6.45) is 0. The molecule has 0 aromatic heterocycles. The Kier molecular flexibility index (Phi) is 3.28.